The highest BCUT2D eigenvalue weighted by atomic mass is 32.2. The molecule has 0 atom stereocenters. The van der Waals surface area contributed by atoms with Gasteiger partial charge >= 0.3 is 0 Å². The maximum atomic E-state index is 11.8. The van der Waals surface area contributed by atoms with Gasteiger partial charge in [0, 0.05) is 6.20 Å². The van der Waals surface area contributed by atoms with Gasteiger partial charge in [-0.25, -0.2) is 0 Å². The zero-order valence-corrected chi connectivity index (χ0v) is 8.90. The van der Waals surface area contributed by atoms with Crippen LogP contribution in [0, 0.1) is 0 Å². The van der Waals surface area contributed by atoms with E-state index in [0.29, 0.717) is 0 Å². The number of sulfonamides is 1. The summed E-state index contributed by atoms with van der Waals surface area (Å²) in [4.78, 5) is 3.76. The summed E-state index contributed by atoms with van der Waals surface area (Å²) >= 11 is 0. The standard InChI is InChI=1S/C8H9N5O2S/c9-6-5-10-3-1-7(6)13-16(14,15)8-2-4-11-12-8/h1-5H,9H2,(H,10,13)(H,11,12). The van der Waals surface area contributed by atoms with Crippen LogP contribution >= 0.6 is 0 Å². The van der Waals surface area contributed by atoms with Crippen LogP contribution in [-0.4, -0.2) is 23.6 Å². The van der Waals surface area contributed by atoms with Gasteiger partial charge in [0.15, 0.2) is 5.03 Å². The van der Waals surface area contributed by atoms with Crippen LogP contribution in [-0.2, 0) is 10.0 Å². The lowest BCUT2D eigenvalue weighted by atomic mass is 10.4. The fourth-order valence-electron chi connectivity index (χ4n) is 1.09. The normalized spacial score (nSPS) is 11.2. The second-order valence-corrected chi connectivity index (χ2v) is 4.64. The van der Waals surface area contributed by atoms with E-state index in [0.717, 1.165) is 0 Å². The average Bonchev–Trinajstić information content (AvgIpc) is 2.75. The van der Waals surface area contributed by atoms with Crippen LogP contribution in [0.3, 0.4) is 0 Å². The zero-order chi connectivity index (χ0) is 11.6. The van der Waals surface area contributed by atoms with E-state index in [1.54, 1.807) is 0 Å². The third-order valence-electron chi connectivity index (χ3n) is 1.86. The van der Waals surface area contributed by atoms with Crippen molar-refractivity contribution >= 4 is 21.4 Å². The van der Waals surface area contributed by atoms with Crippen LogP contribution < -0.4 is 10.5 Å². The topological polar surface area (TPSA) is 114 Å². The Hall–Kier alpha value is -2.09. The lowest BCUT2D eigenvalue weighted by molar-refractivity contribution is 0.597. The van der Waals surface area contributed by atoms with Crippen molar-refractivity contribution in [3.05, 3.63) is 30.7 Å². The fourth-order valence-corrected chi connectivity index (χ4v) is 2.09. The molecular weight excluding hydrogens is 230 g/mol. The maximum Gasteiger partial charge on any atom is 0.278 e. The van der Waals surface area contributed by atoms with Crippen LogP contribution in [0.1, 0.15) is 0 Å². The molecule has 0 saturated heterocycles. The smallest absolute Gasteiger partial charge is 0.278 e. The average molecular weight is 239 g/mol. The van der Waals surface area contributed by atoms with Gasteiger partial charge in [-0.1, -0.05) is 0 Å². The largest absolute Gasteiger partial charge is 0.396 e. The first kappa shape index (κ1) is 10.4. The van der Waals surface area contributed by atoms with Gasteiger partial charge in [0.05, 0.1) is 23.8 Å². The van der Waals surface area contributed by atoms with Gasteiger partial charge in [-0.3, -0.25) is 14.8 Å². The number of H-pyrrole nitrogens is 1. The Morgan fingerprint density at radius 2 is 2.12 bits per heavy atom. The number of aromatic nitrogens is 3. The molecule has 2 heterocycles. The minimum Gasteiger partial charge on any atom is -0.396 e. The number of aromatic amines is 1. The molecule has 0 aliphatic carbocycles. The minimum atomic E-state index is -3.67. The molecule has 0 unspecified atom stereocenters. The van der Waals surface area contributed by atoms with Crippen molar-refractivity contribution in [1.82, 2.24) is 15.2 Å². The number of anilines is 2. The summed E-state index contributed by atoms with van der Waals surface area (Å²) in [6.07, 6.45) is 4.16. The first-order valence-corrected chi connectivity index (χ1v) is 5.79. The van der Waals surface area contributed by atoms with Crippen molar-refractivity contribution in [1.29, 1.82) is 0 Å². The number of nitrogens with two attached hydrogens (primary N) is 1. The first-order chi connectivity index (χ1) is 7.59. The predicted octanol–water partition coefficient (Wildman–Crippen LogP) is 0.188. The van der Waals surface area contributed by atoms with Crippen LogP contribution in [0.5, 0.6) is 0 Å². The van der Waals surface area contributed by atoms with Crippen molar-refractivity contribution in [3.63, 3.8) is 0 Å². The molecule has 8 heteroatoms. The number of nitrogen functional groups attached to an aromatic ring is 1. The van der Waals surface area contributed by atoms with E-state index in [2.05, 4.69) is 19.9 Å². The summed E-state index contributed by atoms with van der Waals surface area (Å²) in [6.45, 7) is 0. The third-order valence-corrected chi connectivity index (χ3v) is 3.16. The Morgan fingerprint density at radius 1 is 1.31 bits per heavy atom. The quantitative estimate of drug-likeness (QED) is 0.707. The van der Waals surface area contributed by atoms with Crippen LogP contribution in [0.15, 0.2) is 35.7 Å². The molecule has 2 aromatic rings. The summed E-state index contributed by atoms with van der Waals surface area (Å²) in [7, 11) is -3.67. The Bertz CT molecular complexity index is 578. The third kappa shape index (κ3) is 1.96. The highest BCUT2D eigenvalue weighted by Gasteiger charge is 2.16. The van der Waals surface area contributed by atoms with Crippen LogP contribution in [0.4, 0.5) is 11.4 Å². The van der Waals surface area contributed by atoms with Crippen molar-refractivity contribution in [2.75, 3.05) is 10.5 Å². The lowest BCUT2D eigenvalue weighted by Gasteiger charge is -2.07. The number of pyridine rings is 1. The van der Waals surface area contributed by atoms with E-state index in [-0.39, 0.29) is 16.4 Å². The van der Waals surface area contributed by atoms with E-state index >= 15 is 0 Å². The Kier molecular flexibility index (Phi) is 2.49. The molecule has 0 aromatic carbocycles. The minimum absolute atomic E-state index is 0.0243. The van der Waals surface area contributed by atoms with Gasteiger partial charge in [0.2, 0.25) is 0 Å². The van der Waals surface area contributed by atoms with E-state index < -0.39 is 10.0 Å². The van der Waals surface area contributed by atoms with Crippen LogP contribution in [0.25, 0.3) is 0 Å². The highest BCUT2D eigenvalue weighted by Crippen LogP contribution is 2.19. The highest BCUT2D eigenvalue weighted by molar-refractivity contribution is 7.92. The van der Waals surface area contributed by atoms with Crippen molar-refractivity contribution < 1.29 is 8.42 Å². The lowest BCUT2D eigenvalue weighted by Crippen LogP contribution is -2.14. The Morgan fingerprint density at radius 3 is 2.75 bits per heavy atom. The summed E-state index contributed by atoms with van der Waals surface area (Å²) in [5.41, 5.74) is 6.10. The molecule has 2 rings (SSSR count). The SMILES string of the molecule is Nc1cnccc1NS(=O)(=O)c1ccn[nH]1. The van der Waals surface area contributed by atoms with Crippen molar-refractivity contribution in [2.24, 2.45) is 0 Å². The molecule has 7 nitrogen and oxygen atoms in total. The molecular formula is C8H9N5O2S. The van der Waals surface area contributed by atoms with Crippen LogP contribution in [0.2, 0.25) is 0 Å². The summed E-state index contributed by atoms with van der Waals surface area (Å²) < 4.78 is 25.8. The molecule has 16 heavy (non-hydrogen) atoms. The number of nitrogens with zero attached hydrogens (tertiary/aromatic N) is 2. The predicted molar refractivity (Wildman–Crippen MR) is 58.0 cm³/mol. The first-order valence-electron chi connectivity index (χ1n) is 4.31. The molecule has 0 aliphatic heterocycles. The molecule has 0 amide bonds. The summed E-state index contributed by atoms with van der Waals surface area (Å²) in [5.74, 6) is 0. The van der Waals surface area contributed by atoms with E-state index in [1.807, 2.05) is 0 Å². The number of hydrogen-bond donors (Lipinski definition) is 3. The molecule has 84 valence electrons. The summed E-state index contributed by atoms with van der Waals surface area (Å²) in [6, 6.07) is 2.82. The molecule has 0 spiro atoms. The number of hydrogen-bond acceptors (Lipinski definition) is 5. The van der Waals surface area contributed by atoms with Gasteiger partial charge in [0.25, 0.3) is 10.0 Å². The monoisotopic (exact) mass is 239 g/mol. The van der Waals surface area contributed by atoms with E-state index in [9.17, 15) is 8.42 Å². The number of nitrogens with one attached hydrogen (secondary N) is 2. The van der Waals surface area contributed by atoms with Gasteiger partial charge in [0.1, 0.15) is 0 Å². The molecule has 0 saturated carbocycles. The number of rotatable bonds is 3. The van der Waals surface area contributed by atoms with E-state index in [4.69, 9.17) is 5.73 Å². The second kappa shape index (κ2) is 3.81. The fraction of sp³-hybridized carbons (Fsp3) is 0. The summed E-state index contributed by atoms with van der Waals surface area (Å²) in [5, 5.41) is 5.90. The molecule has 0 fully saturated rings. The van der Waals surface area contributed by atoms with Gasteiger partial charge < -0.3 is 5.73 Å². The molecule has 0 bridgehead atoms. The molecule has 4 N–H and O–H groups in total. The van der Waals surface area contributed by atoms with Crippen molar-refractivity contribution in [3.8, 4) is 0 Å². The van der Waals surface area contributed by atoms with Gasteiger partial charge in [-0.15, -0.1) is 0 Å². The second-order valence-electron chi connectivity index (χ2n) is 2.99. The Balaban J connectivity index is 2.33. The molecule has 0 radical (unpaired) electrons. The molecule has 2 aromatic heterocycles. The van der Waals surface area contributed by atoms with Gasteiger partial charge in [-0.2, -0.15) is 13.5 Å². The zero-order valence-electron chi connectivity index (χ0n) is 8.08. The molecule has 0 aliphatic rings. The Labute approximate surface area is 91.8 Å². The van der Waals surface area contributed by atoms with Gasteiger partial charge in [-0.05, 0) is 12.1 Å². The van der Waals surface area contributed by atoms with Crippen molar-refractivity contribution in [2.45, 2.75) is 5.03 Å². The van der Waals surface area contributed by atoms with E-state index in [1.165, 1.54) is 30.7 Å². The maximum absolute atomic E-state index is 11.8.